The van der Waals surface area contributed by atoms with Gasteiger partial charge in [-0.2, -0.15) is 0 Å². The minimum Gasteiger partial charge on any atom is -0.502 e. The highest BCUT2D eigenvalue weighted by Crippen LogP contribution is 2.32. The average Bonchev–Trinajstić information content (AvgIpc) is 2.52. The lowest BCUT2D eigenvalue weighted by Gasteiger charge is -2.08. The largest absolute Gasteiger partial charge is 0.502 e. The lowest BCUT2D eigenvalue weighted by Crippen LogP contribution is -2.03. The van der Waals surface area contributed by atoms with Crippen LogP contribution in [0.1, 0.15) is 5.56 Å². The third kappa shape index (κ3) is 2.40. The van der Waals surface area contributed by atoms with E-state index in [2.05, 4.69) is 6.58 Å². The molecule has 4 heteroatoms. The Morgan fingerprint density at radius 3 is 2.59 bits per heavy atom. The summed E-state index contributed by atoms with van der Waals surface area (Å²) >= 11 is 5.87. The molecular formula is C18H13ClO3. The normalized spacial score (nSPS) is 10.8. The van der Waals surface area contributed by atoms with Crippen molar-refractivity contribution >= 4 is 22.6 Å². The van der Waals surface area contributed by atoms with Gasteiger partial charge in [-0.3, -0.25) is 4.79 Å². The van der Waals surface area contributed by atoms with Gasteiger partial charge in [-0.15, -0.1) is 6.58 Å². The van der Waals surface area contributed by atoms with E-state index >= 15 is 0 Å². The van der Waals surface area contributed by atoms with Gasteiger partial charge in [-0.1, -0.05) is 29.8 Å². The van der Waals surface area contributed by atoms with Crippen LogP contribution >= 0.6 is 11.6 Å². The highest BCUT2D eigenvalue weighted by molar-refractivity contribution is 6.30. The molecule has 0 aliphatic rings. The fourth-order valence-electron chi connectivity index (χ4n) is 2.38. The molecule has 0 saturated carbocycles. The minimum absolute atomic E-state index is 0.144. The number of allylic oxidation sites excluding steroid dienone is 1. The highest BCUT2D eigenvalue weighted by Gasteiger charge is 2.16. The molecule has 0 bridgehead atoms. The zero-order valence-electron chi connectivity index (χ0n) is 11.7. The second kappa shape index (κ2) is 5.70. The van der Waals surface area contributed by atoms with Crippen molar-refractivity contribution in [3.63, 3.8) is 0 Å². The molecule has 3 nitrogen and oxygen atoms in total. The molecule has 0 spiro atoms. The van der Waals surface area contributed by atoms with Crippen molar-refractivity contribution in [2.24, 2.45) is 0 Å². The minimum atomic E-state index is -0.447. The van der Waals surface area contributed by atoms with E-state index in [0.717, 1.165) is 5.56 Å². The second-order valence-electron chi connectivity index (χ2n) is 4.90. The number of aromatic hydroxyl groups is 1. The summed E-state index contributed by atoms with van der Waals surface area (Å²) in [6, 6.07) is 12.0. The molecule has 0 aliphatic carbocycles. The lowest BCUT2D eigenvalue weighted by molar-refractivity contribution is 0.449. The van der Waals surface area contributed by atoms with E-state index in [1.807, 2.05) is 6.07 Å². The van der Waals surface area contributed by atoms with Crippen molar-refractivity contribution in [2.75, 3.05) is 0 Å². The molecule has 2 aromatic carbocycles. The van der Waals surface area contributed by atoms with Crippen molar-refractivity contribution in [3.05, 3.63) is 75.9 Å². The summed E-state index contributed by atoms with van der Waals surface area (Å²) in [5, 5.41) is 11.1. The van der Waals surface area contributed by atoms with Gasteiger partial charge in [0.2, 0.25) is 11.2 Å². The molecule has 22 heavy (non-hydrogen) atoms. The van der Waals surface area contributed by atoms with Crippen LogP contribution in [0.15, 0.2) is 64.3 Å². The smallest absolute Gasteiger partial charge is 0.235 e. The predicted octanol–water partition coefficient (Wildman–Crippen LogP) is 4.55. The first-order chi connectivity index (χ1) is 10.6. The summed E-state index contributed by atoms with van der Waals surface area (Å²) in [6.07, 6.45) is 2.31. The first-order valence-electron chi connectivity index (χ1n) is 6.76. The van der Waals surface area contributed by atoms with Gasteiger partial charge in [-0.05, 0) is 42.3 Å². The number of halogens is 1. The van der Waals surface area contributed by atoms with Crippen LogP contribution in [0.5, 0.6) is 5.75 Å². The van der Waals surface area contributed by atoms with Crippen LogP contribution < -0.4 is 5.43 Å². The topological polar surface area (TPSA) is 50.4 Å². The molecule has 0 fully saturated rings. The van der Waals surface area contributed by atoms with Crippen LogP contribution in [-0.4, -0.2) is 5.11 Å². The Balaban J connectivity index is 2.34. The molecular weight excluding hydrogens is 300 g/mol. The van der Waals surface area contributed by atoms with E-state index in [1.165, 1.54) is 0 Å². The molecule has 1 heterocycles. The second-order valence-corrected chi connectivity index (χ2v) is 5.34. The van der Waals surface area contributed by atoms with E-state index in [0.29, 0.717) is 28.0 Å². The van der Waals surface area contributed by atoms with E-state index < -0.39 is 11.2 Å². The van der Waals surface area contributed by atoms with Gasteiger partial charge in [0, 0.05) is 10.6 Å². The molecule has 3 rings (SSSR count). The Morgan fingerprint density at radius 1 is 1.18 bits per heavy atom. The van der Waals surface area contributed by atoms with Crippen LogP contribution in [0.25, 0.3) is 22.3 Å². The summed E-state index contributed by atoms with van der Waals surface area (Å²) in [5.74, 6) is -0.253. The first-order valence-corrected chi connectivity index (χ1v) is 7.14. The molecule has 0 unspecified atom stereocenters. The molecule has 0 atom stereocenters. The van der Waals surface area contributed by atoms with Gasteiger partial charge in [0.05, 0.1) is 5.39 Å². The Morgan fingerprint density at radius 2 is 1.91 bits per heavy atom. The SMILES string of the molecule is C=CCc1cccc2c(=O)c(O)c(-c3ccc(Cl)cc3)oc12. The lowest BCUT2D eigenvalue weighted by atomic mass is 10.1. The standard InChI is InChI=1S/C18H13ClO3/c1-2-4-11-5-3-6-14-15(20)16(21)18(22-17(11)14)12-7-9-13(19)10-8-12/h2-3,5-10,21H,1,4H2. The van der Waals surface area contributed by atoms with Crippen molar-refractivity contribution in [3.8, 4) is 17.1 Å². The first kappa shape index (κ1) is 14.4. The van der Waals surface area contributed by atoms with Crippen molar-refractivity contribution in [2.45, 2.75) is 6.42 Å². The molecule has 1 N–H and O–H groups in total. The van der Waals surface area contributed by atoms with Gasteiger partial charge in [0.15, 0.2) is 5.76 Å². The quantitative estimate of drug-likeness (QED) is 0.722. The maximum Gasteiger partial charge on any atom is 0.235 e. The van der Waals surface area contributed by atoms with Gasteiger partial charge in [0.1, 0.15) is 5.58 Å². The van der Waals surface area contributed by atoms with Crippen LogP contribution in [0, 0.1) is 0 Å². The Hall–Kier alpha value is -2.52. The number of para-hydroxylation sites is 1. The maximum atomic E-state index is 12.4. The highest BCUT2D eigenvalue weighted by atomic mass is 35.5. The van der Waals surface area contributed by atoms with Crippen LogP contribution in [0.4, 0.5) is 0 Å². The fourth-order valence-corrected chi connectivity index (χ4v) is 2.50. The van der Waals surface area contributed by atoms with Gasteiger partial charge in [-0.25, -0.2) is 0 Å². The van der Waals surface area contributed by atoms with E-state index in [4.69, 9.17) is 16.0 Å². The fraction of sp³-hybridized carbons (Fsp3) is 0.0556. The average molecular weight is 313 g/mol. The third-order valence-electron chi connectivity index (χ3n) is 3.45. The van der Waals surface area contributed by atoms with Crippen LogP contribution in [0.2, 0.25) is 5.02 Å². The summed E-state index contributed by atoms with van der Waals surface area (Å²) in [6.45, 7) is 3.71. The number of hydrogen-bond acceptors (Lipinski definition) is 3. The van der Waals surface area contributed by atoms with Gasteiger partial charge >= 0.3 is 0 Å². The molecule has 0 saturated heterocycles. The number of hydrogen-bond donors (Lipinski definition) is 1. The molecule has 0 amide bonds. The van der Waals surface area contributed by atoms with Crippen LogP contribution in [-0.2, 0) is 6.42 Å². The van der Waals surface area contributed by atoms with E-state index in [-0.39, 0.29) is 5.76 Å². The zero-order chi connectivity index (χ0) is 15.7. The molecule has 3 aromatic rings. The predicted molar refractivity (Wildman–Crippen MR) is 88.5 cm³/mol. The number of fused-ring (bicyclic) bond motifs is 1. The molecule has 0 aliphatic heterocycles. The Kier molecular flexibility index (Phi) is 3.73. The number of rotatable bonds is 3. The van der Waals surface area contributed by atoms with Gasteiger partial charge in [0.25, 0.3) is 0 Å². The third-order valence-corrected chi connectivity index (χ3v) is 3.70. The van der Waals surface area contributed by atoms with E-state index in [1.54, 1.807) is 42.5 Å². The number of benzene rings is 2. The Bertz CT molecular complexity index is 908. The van der Waals surface area contributed by atoms with Crippen LogP contribution in [0.3, 0.4) is 0 Å². The van der Waals surface area contributed by atoms with E-state index in [9.17, 15) is 9.90 Å². The maximum absolute atomic E-state index is 12.4. The summed E-state index contributed by atoms with van der Waals surface area (Å²) < 4.78 is 5.84. The summed E-state index contributed by atoms with van der Waals surface area (Å²) in [7, 11) is 0. The van der Waals surface area contributed by atoms with Crippen molar-refractivity contribution in [1.82, 2.24) is 0 Å². The Labute approximate surface area is 132 Å². The molecule has 0 radical (unpaired) electrons. The van der Waals surface area contributed by atoms with Gasteiger partial charge < -0.3 is 9.52 Å². The van der Waals surface area contributed by atoms with Crippen molar-refractivity contribution in [1.29, 1.82) is 0 Å². The zero-order valence-corrected chi connectivity index (χ0v) is 12.4. The molecule has 1 aromatic heterocycles. The van der Waals surface area contributed by atoms with Crippen molar-refractivity contribution < 1.29 is 9.52 Å². The summed E-state index contributed by atoms with van der Waals surface area (Å²) in [4.78, 5) is 12.4. The summed E-state index contributed by atoms with van der Waals surface area (Å²) in [5.41, 5.74) is 1.46. The molecule has 110 valence electrons. The monoisotopic (exact) mass is 312 g/mol.